The maximum absolute atomic E-state index is 14.3. The van der Waals surface area contributed by atoms with Gasteiger partial charge in [0.15, 0.2) is 5.96 Å². The van der Waals surface area contributed by atoms with Crippen molar-refractivity contribution in [1.82, 2.24) is 47.9 Å². The summed E-state index contributed by atoms with van der Waals surface area (Å²) in [5.74, 6) is -14.8. The van der Waals surface area contributed by atoms with E-state index in [9.17, 15) is 88.2 Å². The van der Waals surface area contributed by atoms with Crippen molar-refractivity contribution in [2.45, 2.75) is 150 Å². The lowest BCUT2D eigenvalue weighted by atomic mass is 10.0. The number of nitrogens with two attached hydrogens (primary N) is 7. The minimum Gasteiger partial charge on any atom is -0.508 e. The lowest BCUT2D eigenvalue weighted by Gasteiger charge is -2.28. The van der Waals surface area contributed by atoms with Gasteiger partial charge in [-0.2, -0.15) is 0 Å². The molecule has 0 bridgehead atoms. The van der Waals surface area contributed by atoms with Crippen LogP contribution in [0, 0.1) is 0 Å². The summed E-state index contributed by atoms with van der Waals surface area (Å²) in [6.45, 7) is -2.83. The quantitative estimate of drug-likeness (QED) is 0.0164. The molecule has 1 aromatic rings. The first kappa shape index (κ1) is 74.7. The van der Waals surface area contributed by atoms with Crippen LogP contribution in [0.5, 0.6) is 5.75 Å². The van der Waals surface area contributed by atoms with Gasteiger partial charge in [0, 0.05) is 13.0 Å². The molecule has 0 saturated carbocycles. The van der Waals surface area contributed by atoms with Crippen LogP contribution < -0.4 is 88.0 Å². The predicted molar refractivity (Wildman–Crippen MR) is 301 cm³/mol. The third kappa shape index (κ3) is 29.6. The number of aliphatic carboxylic acids is 2. The Balaban J connectivity index is 3.49. The number of nitrogens with one attached hydrogen (secondary N) is 9. The second kappa shape index (κ2) is 40.8. The summed E-state index contributed by atoms with van der Waals surface area (Å²) < 4.78 is 0. The number of phenols is 1. The molecule has 0 radical (unpaired) electrons. The highest BCUT2D eigenvalue weighted by molar-refractivity contribution is 5.99. The van der Waals surface area contributed by atoms with Crippen molar-refractivity contribution in [3.63, 3.8) is 0 Å². The van der Waals surface area contributed by atoms with Gasteiger partial charge >= 0.3 is 11.9 Å². The molecule has 0 aliphatic rings. The van der Waals surface area contributed by atoms with Gasteiger partial charge in [0.2, 0.25) is 59.1 Å². The number of aliphatic hydroxyl groups is 3. The Morgan fingerprint density at radius 1 is 0.424 bits per heavy atom. The second-order valence-electron chi connectivity index (χ2n) is 19.5. The first-order valence-corrected chi connectivity index (χ1v) is 27.2. The van der Waals surface area contributed by atoms with E-state index in [1.807, 2.05) is 0 Å². The Labute approximate surface area is 488 Å². The monoisotopic (exact) mass is 1210 g/mol. The normalized spacial score (nSPS) is 14.5. The second-order valence-corrected chi connectivity index (χ2v) is 19.5. The molecule has 1 aromatic carbocycles. The molecule has 0 aliphatic carbocycles. The van der Waals surface area contributed by atoms with Gasteiger partial charge in [-0.05, 0) is 102 Å². The van der Waals surface area contributed by atoms with Crippen molar-refractivity contribution in [2.24, 2.45) is 45.1 Å². The molecule has 0 aromatic heterocycles. The molecule has 0 unspecified atom stereocenters. The van der Waals surface area contributed by atoms with Crippen LogP contribution in [-0.2, 0) is 64.0 Å². The average Bonchev–Trinajstić information content (AvgIpc) is 3.55. The number of unbranched alkanes of at least 4 members (excludes halogenated alkanes) is 3. The number of benzene rings is 1. The fourth-order valence-electron chi connectivity index (χ4n) is 7.83. The zero-order valence-corrected chi connectivity index (χ0v) is 47.0. The van der Waals surface area contributed by atoms with Crippen molar-refractivity contribution >= 4 is 77.0 Å². The number of amides is 10. The molecular weight excluding hydrogens is 1130 g/mol. The molecule has 35 nitrogen and oxygen atoms in total. The number of carbonyl (C=O) groups excluding carboxylic acids is 10. The topological polar surface area (TPSA) is 629 Å². The number of aliphatic hydroxyl groups excluding tert-OH is 3. The molecule has 29 N–H and O–H groups in total. The number of hydrogen-bond acceptors (Lipinski definition) is 21. The Hall–Kier alpha value is -8.35. The molecule has 10 atom stereocenters. The number of hydrogen-bond donors (Lipinski definition) is 22. The molecule has 0 aliphatic heterocycles. The number of rotatable bonds is 44. The van der Waals surface area contributed by atoms with Gasteiger partial charge in [-0.25, -0.2) is 4.79 Å². The first-order valence-electron chi connectivity index (χ1n) is 27.2. The molecule has 478 valence electrons. The number of nitrogens with zero attached hydrogens (tertiary/aromatic N) is 1. The van der Waals surface area contributed by atoms with Crippen LogP contribution >= 0.6 is 0 Å². The zero-order valence-electron chi connectivity index (χ0n) is 47.0. The van der Waals surface area contributed by atoms with Crippen molar-refractivity contribution in [1.29, 1.82) is 0 Å². The van der Waals surface area contributed by atoms with Gasteiger partial charge in [0.1, 0.15) is 60.1 Å². The van der Waals surface area contributed by atoms with E-state index in [-0.39, 0.29) is 82.7 Å². The van der Waals surface area contributed by atoms with Crippen LogP contribution in [0.4, 0.5) is 0 Å². The molecule has 0 fully saturated rings. The lowest BCUT2D eigenvalue weighted by molar-refractivity contribution is -0.144. The fraction of sp³-hybridized carbons (Fsp3) is 0.620. The minimum atomic E-state index is -1.96. The standard InChI is InChI=1S/C50H85N17O18/c51-16-4-1-8-28(54)40(75)62-33(21-38(55)72)44(79)66-37(25-70)48(83)67-35(23-68)46(81)60-29(9-2-5-17-52)41(76)59-30(10-3-6-18-53)42(77)63-32(20-26-12-14-27(71)15-13-26)43(78)65-36(24-69)47(82)64-34(22-39(73)74)45(80)61-31(49(84)85)11-7-19-58-50(56)57/h12-15,28-37,68-71H,1-11,16-25,51-54H2,(H2,55,72)(H,59,76)(H,60,81)(H,61,80)(H,62,75)(H,63,77)(H,64,82)(H,65,78)(H,66,79)(H,67,83)(H,73,74)(H,84,85)(H4,56,57,58)/t28-,29-,30-,31-,32-,33-,34-,35-,36-,37-/m0/s1. The molecular formula is C50H85N17O18. The van der Waals surface area contributed by atoms with Crippen LogP contribution in [0.25, 0.3) is 0 Å². The maximum Gasteiger partial charge on any atom is 0.326 e. The third-order valence-electron chi connectivity index (χ3n) is 12.5. The highest BCUT2D eigenvalue weighted by Gasteiger charge is 2.36. The van der Waals surface area contributed by atoms with E-state index in [2.05, 4.69) is 52.8 Å². The number of carbonyl (C=O) groups is 12. The van der Waals surface area contributed by atoms with Crippen LogP contribution in [0.3, 0.4) is 0 Å². The van der Waals surface area contributed by atoms with E-state index in [0.29, 0.717) is 37.8 Å². The van der Waals surface area contributed by atoms with E-state index in [1.54, 1.807) is 0 Å². The summed E-state index contributed by atoms with van der Waals surface area (Å²) in [6, 6.07) is -11.5. The highest BCUT2D eigenvalue weighted by Crippen LogP contribution is 2.14. The molecule has 35 heteroatoms. The van der Waals surface area contributed by atoms with Crippen molar-refractivity contribution in [2.75, 3.05) is 46.0 Å². The predicted octanol–water partition coefficient (Wildman–Crippen LogP) is -9.52. The van der Waals surface area contributed by atoms with Gasteiger partial charge in [-0.15, -0.1) is 0 Å². The van der Waals surface area contributed by atoms with E-state index < -0.39 is 164 Å². The Morgan fingerprint density at radius 2 is 0.765 bits per heavy atom. The number of phenolic OH excluding ortho intramolecular Hbond substituents is 1. The maximum atomic E-state index is 14.3. The van der Waals surface area contributed by atoms with Crippen LogP contribution in [0.1, 0.15) is 89.0 Å². The summed E-state index contributed by atoms with van der Waals surface area (Å²) >= 11 is 0. The van der Waals surface area contributed by atoms with E-state index >= 15 is 0 Å². The molecule has 0 spiro atoms. The Morgan fingerprint density at radius 3 is 1.16 bits per heavy atom. The molecule has 0 saturated heterocycles. The molecule has 1 rings (SSSR count). The van der Waals surface area contributed by atoms with Crippen LogP contribution in [0.2, 0.25) is 0 Å². The van der Waals surface area contributed by atoms with Gasteiger partial charge < -0.3 is 119 Å². The molecule has 10 amide bonds. The van der Waals surface area contributed by atoms with E-state index in [4.69, 9.17) is 40.1 Å². The highest BCUT2D eigenvalue weighted by atomic mass is 16.4. The summed E-state index contributed by atoms with van der Waals surface area (Å²) in [6.07, 6.45) is -0.501. The number of aromatic hydroxyl groups is 1. The summed E-state index contributed by atoms with van der Waals surface area (Å²) in [4.78, 5) is 162. The Kier molecular flexibility index (Phi) is 35.8. The molecule has 85 heavy (non-hydrogen) atoms. The van der Waals surface area contributed by atoms with Crippen molar-refractivity contribution in [3.05, 3.63) is 29.8 Å². The van der Waals surface area contributed by atoms with Gasteiger partial charge in [0.05, 0.1) is 38.7 Å². The van der Waals surface area contributed by atoms with Gasteiger partial charge in [-0.3, -0.25) is 57.7 Å². The third-order valence-corrected chi connectivity index (χ3v) is 12.5. The summed E-state index contributed by atoms with van der Waals surface area (Å²) in [5, 5.41) is 80.3. The lowest BCUT2D eigenvalue weighted by Crippen LogP contribution is -2.61. The average molecular weight is 1210 g/mol. The summed E-state index contributed by atoms with van der Waals surface area (Å²) in [5.41, 5.74) is 38.9. The van der Waals surface area contributed by atoms with Gasteiger partial charge in [-0.1, -0.05) is 18.6 Å². The zero-order chi connectivity index (χ0) is 64.2. The summed E-state index contributed by atoms with van der Waals surface area (Å²) in [7, 11) is 0. The number of primary amides is 1. The SMILES string of the molecule is NCCCC[C@H](NC(=O)[C@H](CCCCN)NC(=O)[C@H](CO)NC(=O)[C@H](CO)NC(=O)[C@H](CC(N)=O)NC(=O)[C@@H](N)CCCCN)C(=O)N[C@@H](Cc1ccc(O)cc1)C(=O)N[C@@H](CO)C(=O)N[C@@H](CC(=O)O)C(=O)N[C@@H](CCCN=C(N)N)C(=O)O. The number of carboxylic acids is 2. The smallest absolute Gasteiger partial charge is 0.326 e. The molecule has 0 heterocycles. The van der Waals surface area contributed by atoms with Crippen molar-refractivity contribution < 1.29 is 88.2 Å². The number of carboxylic acid groups (broad SMARTS) is 2. The number of guanidine groups is 1. The van der Waals surface area contributed by atoms with E-state index in [0.717, 1.165) is 0 Å². The Bertz CT molecular complexity index is 2400. The first-order chi connectivity index (χ1) is 40.2. The van der Waals surface area contributed by atoms with Gasteiger partial charge in [0.25, 0.3) is 0 Å². The number of aliphatic imine (C=N–C) groups is 1. The van der Waals surface area contributed by atoms with E-state index in [1.165, 1.54) is 24.3 Å². The van der Waals surface area contributed by atoms with Crippen molar-refractivity contribution in [3.8, 4) is 5.75 Å². The fourth-order valence-corrected chi connectivity index (χ4v) is 7.83. The largest absolute Gasteiger partial charge is 0.508 e. The minimum absolute atomic E-state index is 0.0223. The van der Waals surface area contributed by atoms with Crippen LogP contribution in [0.15, 0.2) is 29.3 Å². The van der Waals surface area contributed by atoms with Crippen LogP contribution in [-0.4, -0.2) is 214 Å².